The highest BCUT2D eigenvalue weighted by molar-refractivity contribution is 6.20. The molecule has 0 heterocycles. The second-order valence-electron chi connectivity index (χ2n) is 5.67. The van der Waals surface area contributed by atoms with Crippen LogP contribution in [0.4, 0.5) is 8.78 Å². The summed E-state index contributed by atoms with van der Waals surface area (Å²) in [5, 5.41) is -0.346. The second kappa shape index (κ2) is 6.69. The van der Waals surface area contributed by atoms with Gasteiger partial charge in [0.25, 0.3) is 0 Å². The minimum absolute atomic E-state index is 0.346. The van der Waals surface area contributed by atoms with E-state index in [1.165, 1.54) is 32.1 Å². The number of alkyl halides is 1. The van der Waals surface area contributed by atoms with Crippen molar-refractivity contribution in [2.75, 3.05) is 0 Å². The van der Waals surface area contributed by atoms with Gasteiger partial charge in [0.1, 0.15) is 11.6 Å². The molecule has 0 spiro atoms. The zero-order valence-corrected chi connectivity index (χ0v) is 12.1. The van der Waals surface area contributed by atoms with Crippen LogP contribution in [-0.2, 0) is 0 Å². The molecule has 0 amide bonds. The monoisotopic (exact) mass is 286 g/mol. The van der Waals surface area contributed by atoms with E-state index in [4.69, 9.17) is 11.6 Å². The molecule has 0 bridgehead atoms. The van der Waals surface area contributed by atoms with Crippen molar-refractivity contribution in [3.05, 3.63) is 34.9 Å². The summed E-state index contributed by atoms with van der Waals surface area (Å²) in [6.45, 7) is 1.64. The molecule has 0 radical (unpaired) electrons. The van der Waals surface area contributed by atoms with Gasteiger partial charge in [-0.25, -0.2) is 8.78 Å². The summed E-state index contributed by atoms with van der Waals surface area (Å²) in [6.07, 6.45) is 8.32. The molecule has 0 saturated heterocycles. The first-order chi connectivity index (χ1) is 9.08. The number of hydrogen-bond donors (Lipinski definition) is 0. The Morgan fingerprint density at radius 2 is 1.84 bits per heavy atom. The smallest absolute Gasteiger partial charge is 0.130 e. The van der Waals surface area contributed by atoms with Crippen molar-refractivity contribution in [3.8, 4) is 0 Å². The average Bonchev–Trinajstić information content (AvgIpc) is 2.41. The number of halogens is 3. The molecule has 0 N–H and O–H groups in total. The first-order valence-electron chi connectivity index (χ1n) is 7.17. The van der Waals surface area contributed by atoms with Gasteiger partial charge >= 0.3 is 0 Å². The Morgan fingerprint density at radius 3 is 2.53 bits per heavy atom. The lowest BCUT2D eigenvalue weighted by atomic mass is 9.85. The third-order valence-corrected chi connectivity index (χ3v) is 4.62. The first-order valence-corrected chi connectivity index (χ1v) is 7.61. The van der Waals surface area contributed by atoms with Gasteiger partial charge in [0.15, 0.2) is 0 Å². The molecule has 3 heteroatoms. The van der Waals surface area contributed by atoms with E-state index in [1.54, 1.807) is 13.0 Å². The van der Waals surface area contributed by atoms with Crippen LogP contribution in [0.2, 0.25) is 0 Å². The third-order valence-electron chi connectivity index (χ3n) is 4.17. The average molecular weight is 287 g/mol. The van der Waals surface area contributed by atoms with E-state index in [1.807, 2.05) is 0 Å². The fourth-order valence-corrected chi connectivity index (χ4v) is 3.23. The van der Waals surface area contributed by atoms with E-state index in [9.17, 15) is 8.78 Å². The molecule has 1 aliphatic rings. The quantitative estimate of drug-likeness (QED) is 0.603. The Bertz CT molecular complexity index is 425. The molecular weight excluding hydrogens is 266 g/mol. The maximum Gasteiger partial charge on any atom is 0.130 e. The van der Waals surface area contributed by atoms with E-state index >= 15 is 0 Å². The summed E-state index contributed by atoms with van der Waals surface area (Å²) < 4.78 is 26.9. The van der Waals surface area contributed by atoms with Crippen LogP contribution in [-0.4, -0.2) is 0 Å². The second-order valence-corrected chi connectivity index (χ2v) is 6.20. The van der Waals surface area contributed by atoms with Gasteiger partial charge in [-0.2, -0.15) is 0 Å². The zero-order chi connectivity index (χ0) is 13.8. The fourth-order valence-electron chi connectivity index (χ4n) is 2.93. The largest absolute Gasteiger partial charge is 0.207 e. The van der Waals surface area contributed by atoms with Crippen molar-refractivity contribution < 1.29 is 8.78 Å². The first kappa shape index (κ1) is 14.8. The SMILES string of the molecule is Cc1cc(C(Cl)CCC2CCCCC2)c(F)cc1F. The van der Waals surface area contributed by atoms with Crippen molar-refractivity contribution in [1.29, 1.82) is 0 Å². The minimum Gasteiger partial charge on any atom is -0.207 e. The van der Waals surface area contributed by atoms with E-state index < -0.39 is 11.6 Å². The molecule has 1 unspecified atom stereocenters. The van der Waals surface area contributed by atoms with Crippen molar-refractivity contribution in [1.82, 2.24) is 0 Å². The van der Waals surface area contributed by atoms with Crippen LogP contribution in [0.25, 0.3) is 0 Å². The molecule has 1 aromatic carbocycles. The van der Waals surface area contributed by atoms with E-state index in [-0.39, 0.29) is 5.38 Å². The van der Waals surface area contributed by atoms with Gasteiger partial charge in [0.05, 0.1) is 5.38 Å². The lowest BCUT2D eigenvalue weighted by Gasteiger charge is -2.22. The lowest BCUT2D eigenvalue weighted by molar-refractivity contribution is 0.330. The molecule has 1 fully saturated rings. The van der Waals surface area contributed by atoms with Crippen molar-refractivity contribution >= 4 is 11.6 Å². The number of aryl methyl sites for hydroxylation is 1. The summed E-state index contributed by atoms with van der Waals surface area (Å²) in [7, 11) is 0. The van der Waals surface area contributed by atoms with Crippen molar-refractivity contribution in [3.63, 3.8) is 0 Å². The van der Waals surface area contributed by atoms with Gasteiger partial charge in [-0.1, -0.05) is 32.1 Å². The van der Waals surface area contributed by atoms with E-state index in [2.05, 4.69) is 0 Å². The summed E-state index contributed by atoms with van der Waals surface area (Å²) in [4.78, 5) is 0. The lowest BCUT2D eigenvalue weighted by Crippen LogP contribution is -2.07. The zero-order valence-electron chi connectivity index (χ0n) is 11.4. The van der Waals surface area contributed by atoms with E-state index in [0.717, 1.165) is 24.8 Å². The van der Waals surface area contributed by atoms with Gasteiger partial charge < -0.3 is 0 Å². The number of benzene rings is 1. The highest BCUT2D eigenvalue weighted by Crippen LogP contribution is 2.34. The van der Waals surface area contributed by atoms with Crippen LogP contribution in [0.5, 0.6) is 0 Å². The Balaban J connectivity index is 1.95. The van der Waals surface area contributed by atoms with Crippen molar-refractivity contribution in [2.24, 2.45) is 5.92 Å². The van der Waals surface area contributed by atoms with Gasteiger partial charge in [-0.15, -0.1) is 11.6 Å². The highest BCUT2D eigenvalue weighted by Gasteiger charge is 2.19. The third kappa shape index (κ3) is 3.92. The van der Waals surface area contributed by atoms with Gasteiger partial charge in [0.2, 0.25) is 0 Å². The van der Waals surface area contributed by atoms with Gasteiger partial charge in [-0.3, -0.25) is 0 Å². The Labute approximate surface area is 119 Å². The van der Waals surface area contributed by atoms with Crippen LogP contribution in [0.1, 0.15) is 61.4 Å². The standard InChI is InChI=1S/C16H21ClF2/c1-11-9-13(16(19)10-15(11)18)14(17)8-7-12-5-3-2-4-6-12/h9-10,12,14H,2-8H2,1H3. The van der Waals surface area contributed by atoms with Crippen LogP contribution in [0.15, 0.2) is 12.1 Å². The molecule has 19 heavy (non-hydrogen) atoms. The molecule has 1 aliphatic carbocycles. The Kier molecular flexibility index (Phi) is 5.20. The fraction of sp³-hybridized carbons (Fsp3) is 0.625. The molecular formula is C16H21ClF2. The summed E-state index contributed by atoms with van der Waals surface area (Å²) in [5.74, 6) is -0.288. The van der Waals surface area contributed by atoms with Crippen LogP contribution >= 0.6 is 11.6 Å². The highest BCUT2D eigenvalue weighted by atomic mass is 35.5. The summed E-state index contributed by atoms with van der Waals surface area (Å²) in [6, 6.07) is 2.49. The Morgan fingerprint density at radius 1 is 1.16 bits per heavy atom. The van der Waals surface area contributed by atoms with Crippen LogP contribution in [0, 0.1) is 24.5 Å². The maximum atomic E-state index is 13.7. The normalized spacial score (nSPS) is 18.5. The molecule has 0 aromatic heterocycles. The molecule has 1 aromatic rings. The molecule has 0 aliphatic heterocycles. The molecule has 1 saturated carbocycles. The molecule has 106 valence electrons. The van der Waals surface area contributed by atoms with Crippen LogP contribution in [0.3, 0.4) is 0 Å². The number of hydrogen-bond acceptors (Lipinski definition) is 0. The maximum absolute atomic E-state index is 13.7. The summed E-state index contributed by atoms with van der Waals surface area (Å²) in [5.41, 5.74) is 0.899. The topological polar surface area (TPSA) is 0 Å². The predicted octanol–water partition coefficient (Wildman–Crippen LogP) is 5.91. The van der Waals surface area contributed by atoms with E-state index in [0.29, 0.717) is 11.1 Å². The predicted molar refractivity (Wildman–Crippen MR) is 75.5 cm³/mol. The van der Waals surface area contributed by atoms with Crippen LogP contribution < -0.4 is 0 Å². The van der Waals surface area contributed by atoms with Crippen molar-refractivity contribution in [2.45, 2.75) is 57.2 Å². The van der Waals surface area contributed by atoms with Gasteiger partial charge in [0, 0.05) is 11.6 Å². The molecule has 1 atom stereocenters. The minimum atomic E-state index is -0.522. The Hall–Kier alpha value is -0.630. The summed E-state index contributed by atoms with van der Waals surface area (Å²) >= 11 is 6.29. The number of rotatable bonds is 4. The molecule has 0 nitrogen and oxygen atoms in total. The molecule has 2 rings (SSSR count). The van der Waals surface area contributed by atoms with Gasteiger partial charge in [-0.05, 0) is 37.3 Å².